The van der Waals surface area contributed by atoms with Crippen LogP contribution in [0.4, 0.5) is 4.39 Å². The first kappa shape index (κ1) is 20.3. The van der Waals surface area contributed by atoms with Crippen molar-refractivity contribution < 1.29 is 28.6 Å². The maximum absolute atomic E-state index is 14.3. The van der Waals surface area contributed by atoms with Crippen molar-refractivity contribution in [3.8, 4) is 11.5 Å². The van der Waals surface area contributed by atoms with Crippen LogP contribution in [0.1, 0.15) is 36.4 Å². The molecule has 152 valence electrons. The second kappa shape index (κ2) is 8.72. The Hall–Kier alpha value is -3.42. The molecule has 0 spiro atoms. The summed E-state index contributed by atoms with van der Waals surface area (Å²) in [4.78, 5) is 23.6. The van der Waals surface area contributed by atoms with Crippen LogP contribution in [0.2, 0.25) is 0 Å². The number of carboxylic acid groups (broad SMARTS) is 1. The topological polar surface area (TPSA) is 88.4 Å². The van der Waals surface area contributed by atoms with Crippen molar-refractivity contribution in [3.63, 3.8) is 0 Å². The van der Waals surface area contributed by atoms with Gasteiger partial charge in [-0.05, 0) is 23.8 Å². The number of hydrazone groups is 1. The summed E-state index contributed by atoms with van der Waals surface area (Å²) < 4.78 is 24.9. The monoisotopic (exact) mass is 400 g/mol. The molecule has 1 aliphatic rings. The molecule has 2 aromatic carbocycles. The molecule has 0 bridgehead atoms. The molecule has 7 nitrogen and oxygen atoms in total. The Morgan fingerprint density at radius 3 is 2.38 bits per heavy atom. The highest BCUT2D eigenvalue weighted by atomic mass is 19.1. The molecule has 2 aromatic rings. The summed E-state index contributed by atoms with van der Waals surface area (Å²) in [6.45, 7) is 0. The highest BCUT2D eigenvalue weighted by molar-refractivity contribution is 6.03. The van der Waals surface area contributed by atoms with E-state index in [1.165, 1.54) is 25.3 Å². The standard InChI is InChI=1S/C21H21FN2O5/c1-28-14-9-13(10-15(11-14)29-2)19-12-18(16-5-3-4-6-17(16)22)23-24(19)20(25)7-8-21(26)27/h3-6,9-11,19H,7-8,12H2,1-2H3,(H,26,27). The SMILES string of the molecule is COc1cc(OC)cc(C2CC(c3ccccc3F)=NN2C(=O)CCC(=O)O)c1. The molecule has 0 radical (unpaired) electrons. The van der Waals surface area contributed by atoms with E-state index in [-0.39, 0.29) is 19.3 Å². The van der Waals surface area contributed by atoms with Crippen LogP contribution in [0.15, 0.2) is 47.6 Å². The van der Waals surface area contributed by atoms with E-state index in [9.17, 15) is 14.0 Å². The number of rotatable bonds is 7. The van der Waals surface area contributed by atoms with E-state index in [1.807, 2.05) is 0 Å². The summed E-state index contributed by atoms with van der Waals surface area (Å²) in [5, 5.41) is 14.5. The average molecular weight is 400 g/mol. The lowest BCUT2D eigenvalue weighted by Crippen LogP contribution is -2.27. The van der Waals surface area contributed by atoms with Crippen molar-refractivity contribution in [2.24, 2.45) is 5.10 Å². The van der Waals surface area contributed by atoms with Crippen molar-refractivity contribution in [1.29, 1.82) is 0 Å². The van der Waals surface area contributed by atoms with Gasteiger partial charge in [-0.1, -0.05) is 18.2 Å². The zero-order valence-electron chi connectivity index (χ0n) is 16.1. The van der Waals surface area contributed by atoms with Crippen LogP contribution in [0.25, 0.3) is 0 Å². The number of aliphatic carboxylic acids is 1. The normalized spacial score (nSPS) is 15.8. The van der Waals surface area contributed by atoms with Crippen LogP contribution in [-0.4, -0.2) is 41.9 Å². The van der Waals surface area contributed by atoms with Crippen LogP contribution >= 0.6 is 0 Å². The number of hydrogen-bond acceptors (Lipinski definition) is 5. The molecule has 0 aromatic heterocycles. The third-order valence-corrected chi connectivity index (χ3v) is 4.66. The lowest BCUT2D eigenvalue weighted by molar-refractivity contribution is -0.141. The Morgan fingerprint density at radius 2 is 1.79 bits per heavy atom. The molecule has 0 aliphatic carbocycles. The highest BCUT2D eigenvalue weighted by Crippen LogP contribution is 2.37. The smallest absolute Gasteiger partial charge is 0.303 e. The molecule has 0 fully saturated rings. The van der Waals surface area contributed by atoms with Crippen LogP contribution in [0.5, 0.6) is 11.5 Å². The van der Waals surface area contributed by atoms with Crippen molar-refractivity contribution >= 4 is 17.6 Å². The third-order valence-electron chi connectivity index (χ3n) is 4.66. The number of halogens is 1. The first-order valence-electron chi connectivity index (χ1n) is 9.02. The fraction of sp³-hybridized carbons (Fsp3) is 0.286. The van der Waals surface area contributed by atoms with Gasteiger partial charge in [-0.15, -0.1) is 0 Å². The molecule has 1 unspecified atom stereocenters. The number of amides is 1. The summed E-state index contributed by atoms with van der Waals surface area (Å²) in [6.07, 6.45) is -0.245. The molecular weight excluding hydrogens is 379 g/mol. The number of benzene rings is 2. The number of hydrogen-bond donors (Lipinski definition) is 1. The van der Waals surface area contributed by atoms with Crippen molar-refractivity contribution in [1.82, 2.24) is 5.01 Å². The minimum absolute atomic E-state index is 0.207. The molecule has 29 heavy (non-hydrogen) atoms. The van der Waals surface area contributed by atoms with Crippen LogP contribution in [0.3, 0.4) is 0 Å². The third kappa shape index (κ3) is 4.53. The predicted molar refractivity (Wildman–Crippen MR) is 104 cm³/mol. The molecule has 1 heterocycles. The van der Waals surface area contributed by atoms with E-state index in [0.717, 1.165) is 0 Å². The summed E-state index contributed by atoms with van der Waals surface area (Å²) in [5.41, 5.74) is 1.42. The van der Waals surface area contributed by atoms with Crippen molar-refractivity contribution in [3.05, 3.63) is 59.4 Å². The molecule has 3 rings (SSSR count). The molecule has 1 amide bonds. The first-order valence-corrected chi connectivity index (χ1v) is 9.02. The Labute approximate surface area is 167 Å². The fourth-order valence-electron chi connectivity index (χ4n) is 3.21. The van der Waals surface area contributed by atoms with Crippen molar-refractivity contribution in [2.45, 2.75) is 25.3 Å². The van der Waals surface area contributed by atoms with Gasteiger partial charge in [0.2, 0.25) is 5.91 Å². The van der Waals surface area contributed by atoms with Gasteiger partial charge < -0.3 is 14.6 Å². The second-order valence-electron chi connectivity index (χ2n) is 6.52. The zero-order chi connectivity index (χ0) is 21.0. The molecule has 0 saturated carbocycles. The number of carbonyl (C=O) groups excluding carboxylic acids is 1. The summed E-state index contributed by atoms with van der Waals surface area (Å²) >= 11 is 0. The predicted octanol–water partition coefficient (Wildman–Crippen LogP) is 3.39. The van der Waals surface area contributed by atoms with Gasteiger partial charge in [0.05, 0.1) is 32.4 Å². The van der Waals surface area contributed by atoms with E-state index in [1.54, 1.807) is 36.4 Å². The number of methoxy groups -OCH3 is 2. The van der Waals surface area contributed by atoms with E-state index < -0.39 is 23.7 Å². The Bertz CT molecular complexity index is 938. The van der Waals surface area contributed by atoms with E-state index in [0.29, 0.717) is 28.3 Å². The van der Waals surface area contributed by atoms with Crippen LogP contribution < -0.4 is 9.47 Å². The van der Waals surface area contributed by atoms with E-state index in [2.05, 4.69) is 5.10 Å². The zero-order valence-corrected chi connectivity index (χ0v) is 16.1. The average Bonchev–Trinajstić information content (AvgIpc) is 3.17. The lowest BCUT2D eigenvalue weighted by atomic mass is 9.97. The van der Waals surface area contributed by atoms with E-state index in [4.69, 9.17) is 14.6 Å². The van der Waals surface area contributed by atoms with Gasteiger partial charge in [-0.3, -0.25) is 9.59 Å². The number of carboxylic acids is 1. The van der Waals surface area contributed by atoms with Gasteiger partial charge in [-0.2, -0.15) is 5.10 Å². The summed E-state index contributed by atoms with van der Waals surface area (Å²) in [7, 11) is 3.04. The van der Waals surface area contributed by atoms with Gasteiger partial charge in [0.15, 0.2) is 0 Å². The quantitative estimate of drug-likeness (QED) is 0.770. The Balaban J connectivity index is 1.99. The Morgan fingerprint density at radius 1 is 1.14 bits per heavy atom. The lowest BCUT2D eigenvalue weighted by Gasteiger charge is -2.22. The summed E-state index contributed by atoms with van der Waals surface area (Å²) in [5.74, 6) is -0.887. The van der Waals surface area contributed by atoms with E-state index >= 15 is 0 Å². The van der Waals surface area contributed by atoms with Gasteiger partial charge >= 0.3 is 5.97 Å². The van der Waals surface area contributed by atoms with Crippen LogP contribution in [-0.2, 0) is 9.59 Å². The second-order valence-corrected chi connectivity index (χ2v) is 6.52. The van der Waals surface area contributed by atoms with Crippen LogP contribution in [0, 0.1) is 5.82 Å². The maximum Gasteiger partial charge on any atom is 0.303 e. The first-order chi connectivity index (χ1) is 13.9. The van der Waals surface area contributed by atoms with Gasteiger partial charge in [0.1, 0.15) is 17.3 Å². The molecule has 1 N–H and O–H groups in total. The van der Waals surface area contributed by atoms with Crippen molar-refractivity contribution in [2.75, 3.05) is 14.2 Å². The molecule has 8 heteroatoms. The number of carbonyl (C=O) groups is 2. The highest BCUT2D eigenvalue weighted by Gasteiger charge is 2.34. The molecule has 0 saturated heterocycles. The minimum atomic E-state index is -1.07. The molecule has 1 aliphatic heterocycles. The van der Waals surface area contributed by atoms with Gasteiger partial charge in [-0.25, -0.2) is 9.40 Å². The maximum atomic E-state index is 14.3. The Kier molecular flexibility index (Phi) is 6.11. The van der Waals surface area contributed by atoms with Gasteiger partial charge in [0, 0.05) is 24.5 Å². The minimum Gasteiger partial charge on any atom is -0.497 e. The molecular formula is C21H21FN2O5. The number of nitrogens with zero attached hydrogens (tertiary/aromatic N) is 2. The fourth-order valence-corrected chi connectivity index (χ4v) is 3.21. The molecule has 1 atom stereocenters. The van der Waals surface area contributed by atoms with Gasteiger partial charge in [0.25, 0.3) is 0 Å². The number of ether oxygens (including phenoxy) is 2. The summed E-state index contributed by atoms with van der Waals surface area (Å²) in [6, 6.07) is 10.9. The largest absolute Gasteiger partial charge is 0.497 e.